The van der Waals surface area contributed by atoms with E-state index in [-0.39, 0.29) is 11.6 Å². The zero-order valence-corrected chi connectivity index (χ0v) is 12.4. The number of hydrogen-bond donors (Lipinski definition) is 0. The Morgan fingerprint density at radius 1 is 1.20 bits per heavy atom. The van der Waals surface area contributed by atoms with E-state index in [4.69, 9.17) is 13.7 Å². The van der Waals surface area contributed by atoms with E-state index in [0.29, 0.717) is 11.3 Å². The van der Waals surface area contributed by atoms with Crippen molar-refractivity contribution in [1.82, 2.24) is 0 Å². The molecule has 1 aromatic heterocycles. The Kier molecular flexibility index (Phi) is 3.10. The van der Waals surface area contributed by atoms with Crippen LogP contribution in [-0.2, 0) is 9.31 Å². The van der Waals surface area contributed by atoms with Gasteiger partial charge in [0.2, 0.25) is 0 Å². The van der Waals surface area contributed by atoms with Crippen molar-refractivity contribution in [3.63, 3.8) is 0 Å². The van der Waals surface area contributed by atoms with Crippen LogP contribution in [0, 0.1) is 5.92 Å². The minimum atomic E-state index is -0.944. The number of furan rings is 1. The van der Waals surface area contributed by atoms with E-state index >= 15 is 0 Å². The molecule has 1 aliphatic heterocycles. The van der Waals surface area contributed by atoms with Crippen molar-refractivity contribution in [2.24, 2.45) is 5.92 Å². The lowest BCUT2D eigenvalue weighted by Gasteiger charge is -2.32. The van der Waals surface area contributed by atoms with Gasteiger partial charge in [-0.1, -0.05) is 0 Å². The van der Waals surface area contributed by atoms with E-state index in [0.717, 1.165) is 12.8 Å². The fourth-order valence-electron chi connectivity index (χ4n) is 2.39. The zero-order valence-electron chi connectivity index (χ0n) is 12.4. The van der Waals surface area contributed by atoms with Crippen molar-refractivity contribution < 1.29 is 18.1 Å². The van der Waals surface area contributed by atoms with E-state index in [1.165, 1.54) is 0 Å². The third kappa shape index (κ3) is 2.23. The van der Waals surface area contributed by atoms with Crippen LogP contribution in [0.2, 0.25) is 0 Å². The first kappa shape index (κ1) is 13.9. The van der Waals surface area contributed by atoms with Crippen molar-refractivity contribution in [2.45, 2.75) is 51.7 Å². The van der Waals surface area contributed by atoms with Gasteiger partial charge in [-0.3, -0.25) is 0 Å². The van der Waals surface area contributed by atoms with Crippen LogP contribution in [0.5, 0.6) is 0 Å². The highest BCUT2D eigenvalue weighted by atomic mass is 19.1. The fraction of sp³-hybridized carbons (Fsp3) is 0.600. The Bertz CT molecular complexity index is 513. The largest absolute Gasteiger partial charge is 0.525 e. The predicted octanol–water partition coefficient (Wildman–Crippen LogP) is 4.00. The smallest absolute Gasteiger partial charge is 0.465 e. The summed E-state index contributed by atoms with van der Waals surface area (Å²) < 4.78 is 31.8. The van der Waals surface area contributed by atoms with Crippen LogP contribution in [0.25, 0.3) is 5.57 Å². The van der Waals surface area contributed by atoms with Crippen LogP contribution < -0.4 is 0 Å². The lowest BCUT2D eigenvalue weighted by Crippen LogP contribution is -2.41. The number of allylic oxidation sites excluding steroid dienone is 1. The minimum Gasteiger partial charge on any atom is -0.465 e. The molecule has 5 heteroatoms. The van der Waals surface area contributed by atoms with Crippen LogP contribution in [0.4, 0.5) is 4.39 Å². The summed E-state index contributed by atoms with van der Waals surface area (Å²) in [7, 11) is -0.944. The quantitative estimate of drug-likeness (QED) is 0.783. The van der Waals surface area contributed by atoms with Gasteiger partial charge in [0.25, 0.3) is 0 Å². The standard InChI is InChI=1S/C15H20BFO3/c1-14(2)15(3,4)20-16(19-14)13(17)12(10-7-8-10)11-6-5-9-18-11/h5-6,9-10H,7-8H2,1-4H3. The molecule has 0 unspecified atom stereocenters. The molecule has 2 fully saturated rings. The van der Waals surface area contributed by atoms with Crippen LogP contribution in [0.3, 0.4) is 0 Å². The second-order valence-electron chi connectivity index (χ2n) is 6.60. The van der Waals surface area contributed by atoms with Gasteiger partial charge in [-0.05, 0) is 58.6 Å². The molecule has 0 atom stereocenters. The van der Waals surface area contributed by atoms with Crippen molar-refractivity contribution in [1.29, 1.82) is 0 Å². The van der Waals surface area contributed by atoms with Gasteiger partial charge in [0.1, 0.15) is 11.5 Å². The van der Waals surface area contributed by atoms with E-state index in [9.17, 15) is 4.39 Å². The first-order chi connectivity index (χ1) is 9.32. The molecule has 0 radical (unpaired) electrons. The molecular weight excluding hydrogens is 258 g/mol. The molecule has 3 nitrogen and oxygen atoms in total. The normalized spacial score (nSPS) is 25.8. The van der Waals surface area contributed by atoms with Gasteiger partial charge in [-0.15, -0.1) is 0 Å². The van der Waals surface area contributed by atoms with Gasteiger partial charge in [-0.25, -0.2) is 4.39 Å². The highest BCUT2D eigenvalue weighted by molar-refractivity contribution is 6.55. The van der Waals surface area contributed by atoms with Crippen molar-refractivity contribution >= 4 is 12.7 Å². The summed E-state index contributed by atoms with van der Waals surface area (Å²) in [5, 5.41) is 0. The topological polar surface area (TPSA) is 31.6 Å². The van der Waals surface area contributed by atoms with Crippen LogP contribution >= 0.6 is 0 Å². The first-order valence-corrected chi connectivity index (χ1v) is 7.11. The summed E-state index contributed by atoms with van der Waals surface area (Å²) in [4.78, 5) is 0. The molecule has 20 heavy (non-hydrogen) atoms. The molecule has 0 bridgehead atoms. The average Bonchev–Trinajstić information content (AvgIpc) is 2.96. The second kappa shape index (κ2) is 4.47. The molecular formula is C15H20BFO3. The Hall–Kier alpha value is -1.07. The Balaban J connectivity index is 1.94. The molecule has 108 valence electrons. The summed E-state index contributed by atoms with van der Waals surface area (Å²) >= 11 is 0. The van der Waals surface area contributed by atoms with Gasteiger partial charge in [0.05, 0.1) is 17.5 Å². The van der Waals surface area contributed by atoms with Gasteiger partial charge in [0, 0.05) is 5.57 Å². The maximum atomic E-state index is 14.9. The molecule has 2 aliphatic rings. The highest BCUT2D eigenvalue weighted by Crippen LogP contribution is 2.47. The van der Waals surface area contributed by atoms with Gasteiger partial charge < -0.3 is 13.7 Å². The Labute approximate surface area is 119 Å². The third-order valence-corrected chi connectivity index (χ3v) is 4.49. The first-order valence-electron chi connectivity index (χ1n) is 7.11. The van der Waals surface area contributed by atoms with Crippen molar-refractivity contribution in [2.75, 3.05) is 0 Å². The average molecular weight is 278 g/mol. The molecule has 1 saturated heterocycles. The van der Waals surface area contributed by atoms with E-state index in [1.807, 2.05) is 27.7 Å². The van der Waals surface area contributed by atoms with E-state index in [2.05, 4.69) is 0 Å². The molecule has 1 aromatic rings. The number of hydrogen-bond acceptors (Lipinski definition) is 3. The summed E-state index contributed by atoms with van der Waals surface area (Å²) in [5.74, 6) is 0.805. The SMILES string of the molecule is CC1(C)OB(C(F)=C(c2ccco2)C2CC2)OC1(C)C. The molecule has 0 aromatic carbocycles. The summed E-state index contributed by atoms with van der Waals surface area (Å²) in [6, 6.07) is 3.56. The second-order valence-corrected chi connectivity index (χ2v) is 6.60. The van der Waals surface area contributed by atoms with Gasteiger partial charge in [0.15, 0.2) is 0 Å². The predicted molar refractivity (Wildman–Crippen MR) is 75.5 cm³/mol. The summed E-state index contributed by atoms with van der Waals surface area (Å²) in [6.45, 7) is 7.68. The number of rotatable bonds is 3. The summed E-state index contributed by atoms with van der Waals surface area (Å²) in [5.41, 5.74) is -0.811. The lowest BCUT2D eigenvalue weighted by atomic mass is 9.82. The molecule has 0 N–H and O–H groups in total. The number of halogens is 1. The zero-order chi connectivity index (χ0) is 14.5. The maximum Gasteiger partial charge on any atom is 0.525 e. The van der Waals surface area contributed by atoms with Gasteiger partial charge >= 0.3 is 7.12 Å². The molecule has 2 heterocycles. The molecule has 3 rings (SSSR count). The molecule has 1 aliphatic carbocycles. The van der Waals surface area contributed by atoms with Gasteiger partial charge in [-0.2, -0.15) is 0 Å². The molecule has 0 amide bonds. The Morgan fingerprint density at radius 2 is 1.80 bits per heavy atom. The van der Waals surface area contributed by atoms with E-state index < -0.39 is 18.3 Å². The third-order valence-electron chi connectivity index (χ3n) is 4.49. The summed E-state index contributed by atoms with van der Waals surface area (Å²) in [6.07, 6.45) is 3.54. The lowest BCUT2D eigenvalue weighted by molar-refractivity contribution is 0.00578. The van der Waals surface area contributed by atoms with E-state index in [1.54, 1.807) is 18.4 Å². The van der Waals surface area contributed by atoms with Crippen LogP contribution in [0.1, 0.15) is 46.3 Å². The monoisotopic (exact) mass is 278 g/mol. The van der Waals surface area contributed by atoms with Crippen LogP contribution in [0.15, 0.2) is 28.5 Å². The minimum absolute atomic E-state index is 0.222. The molecule has 1 saturated carbocycles. The molecule has 0 spiro atoms. The van der Waals surface area contributed by atoms with Crippen LogP contribution in [-0.4, -0.2) is 18.3 Å². The van der Waals surface area contributed by atoms with Crippen molar-refractivity contribution in [3.05, 3.63) is 29.9 Å². The fourth-order valence-corrected chi connectivity index (χ4v) is 2.39. The van der Waals surface area contributed by atoms with Crippen molar-refractivity contribution in [3.8, 4) is 0 Å². The maximum absolute atomic E-state index is 14.9. The highest BCUT2D eigenvalue weighted by Gasteiger charge is 2.54. The Morgan fingerprint density at radius 3 is 2.25 bits per heavy atom.